The first kappa shape index (κ1) is 26.6. The molecule has 1 N–H and O–H groups in total. The molecule has 1 atom stereocenters. The molecule has 0 aliphatic rings. The number of carbonyl (C=O) groups excluding carboxylic acids is 1. The Morgan fingerprint density at radius 3 is 2.29 bits per heavy atom. The van der Waals surface area contributed by atoms with Gasteiger partial charge in [0.2, 0.25) is 0 Å². The van der Waals surface area contributed by atoms with Crippen LogP contribution in [0.5, 0.6) is 0 Å². The number of unbranched alkanes of at least 4 members (excludes halogenated alkanes) is 7. The van der Waals surface area contributed by atoms with Gasteiger partial charge in [0.1, 0.15) is 6.61 Å². The third-order valence-electron chi connectivity index (χ3n) is 4.47. The summed E-state index contributed by atoms with van der Waals surface area (Å²) in [5.41, 5.74) is 0. The topological polar surface area (TPSA) is 76.1 Å². The average Bonchev–Trinajstić information content (AvgIpc) is 2.64. The molecule has 1 unspecified atom stereocenters. The number of carboxylic acid groups (broad SMARTS) is 1. The zero-order chi connectivity index (χ0) is 21.0. The van der Waals surface area contributed by atoms with Crippen LogP contribution >= 0.6 is 0 Å². The predicted molar refractivity (Wildman–Crippen MR) is 112 cm³/mol. The molecule has 0 radical (unpaired) electrons. The molecule has 0 rings (SSSR count). The molecule has 0 aromatic carbocycles. The van der Waals surface area contributed by atoms with Crippen molar-refractivity contribution in [1.29, 1.82) is 0 Å². The molecule has 6 heteroatoms. The lowest BCUT2D eigenvalue weighted by Crippen LogP contribution is -2.23. The Kier molecular flexibility index (Phi) is 18.0. The van der Waals surface area contributed by atoms with E-state index < -0.39 is 17.9 Å². The van der Waals surface area contributed by atoms with Gasteiger partial charge in [-0.25, -0.2) is 0 Å². The van der Waals surface area contributed by atoms with Crippen LogP contribution in [0.1, 0.15) is 71.1 Å². The van der Waals surface area contributed by atoms with E-state index in [4.69, 9.17) is 14.6 Å². The fourth-order valence-corrected chi connectivity index (χ4v) is 2.74. The summed E-state index contributed by atoms with van der Waals surface area (Å²) in [6.45, 7) is 4.08. The predicted octanol–water partition coefficient (Wildman–Crippen LogP) is 4.29. The lowest BCUT2D eigenvalue weighted by Gasteiger charge is -2.13. The number of hydrogen-bond acceptors (Lipinski definition) is 5. The molecule has 0 aliphatic heterocycles. The molecule has 0 saturated heterocycles. The van der Waals surface area contributed by atoms with Crippen molar-refractivity contribution in [3.63, 3.8) is 0 Å². The molecule has 0 heterocycles. The van der Waals surface area contributed by atoms with Crippen molar-refractivity contribution in [2.45, 2.75) is 71.1 Å². The lowest BCUT2D eigenvalue weighted by molar-refractivity contribution is -0.154. The Hall–Kier alpha value is -1.40. The first-order chi connectivity index (χ1) is 13.5. The Morgan fingerprint density at radius 2 is 1.64 bits per heavy atom. The van der Waals surface area contributed by atoms with Crippen molar-refractivity contribution in [2.75, 3.05) is 40.5 Å². The van der Waals surface area contributed by atoms with Gasteiger partial charge < -0.3 is 19.5 Å². The van der Waals surface area contributed by atoms with Gasteiger partial charge in [0.25, 0.3) is 0 Å². The third-order valence-corrected chi connectivity index (χ3v) is 4.47. The van der Waals surface area contributed by atoms with E-state index in [0.717, 1.165) is 19.4 Å². The Balaban J connectivity index is 3.95. The number of esters is 1. The van der Waals surface area contributed by atoms with E-state index in [1.54, 1.807) is 0 Å². The highest BCUT2D eigenvalue weighted by Crippen LogP contribution is 2.14. The van der Waals surface area contributed by atoms with Gasteiger partial charge >= 0.3 is 11.9 Å². The summed E-state index contributed by atoms with van der Waals surface area (Å²) in [4.78, 5) is 25.1. The van der Waals surface area contributed by atoms with Crippen LogP contribution in [-0.2, 0) is 19.1 Å². The standard InChI is InChI=1S/C22H41NO5/c1-4-5-6-7-8-9-10-11-12-13-14-20(19-21(24)25)22(26)28-18-17-27-16-15-23(2)3/h12-13,20H,4-11,14-19H2,1-3H3,(H,24,25)/b13-12+. The van der Waals surface area contributed by atoms with E-state index in [-0.39, 0.29) is 13.0 Å². The normalized spacial score (nSPS) is 12.6. The number of carboxylic acids is 1. The van der Waals surface area contributed by atoms with Crippen molar-refractivity contribution >= 4 is 11.9 Å². The van der Waals surface area contributed by atoms with Crippen LogP contribution in [0, 0.1) is 5.92 Å². The molecule has 0 aromatic rings. The van der Waals surface area contributed by atoms with Crippen molar-refractivity contribution in [3.8, 4) is 0 Å². The molecule has 0 bridgehead atoms. The number of aliphatic carboxylic acids is 1. The molecular formula is C22H41NO5. The molecule has 0 amide bonds. The number of ether oxygens (including phenoxy) is 2. The zero-order valence-electron chi connectivity index (χ0n) is 18.2. The van der Waals surface area contributed by atoms with Crippen molar-refractivity contribution in [2.24, 2.45) is 5.92 Å². The van der Waals surface area contributed by atoms with Crippen LogP contribution in [-0.4, -0.2) is 62.4 Å². The van der Waals surface area contributed by atoms with Crippen molar-refractivity contribution in [3.05, 3.63) is 12.2 Å². The van der Waals surface area contributed by atoms with Crippen LogP contribution in [0.4, 0.5) is 0 Å². The minimum Gasteiger partial charge on any atom is -0.481 e. The van der Waals surface area contributed by atoms with E-state index in [9.17, 15) is 9.59 Å². The van der Waals surface area contributed by atoms with E-state index in [1.165, 1.54) is 38.5 Å². The minimum absolute atomic E-state index is 0.157. The minimum atomic E-state index is -0.982. The first-order valence-corrected chi connectivity index (χ1v) is 10.7. The second kappa shape index (κ2) is 18.9. The Bertz CT molecular complexity index is 423. The molecule has 164 valence electrons. The van der Waals surface area contributed by atoms with Gasteiger partial charge in [-0.2, -0.15) is 0 Å². The fourth-order valence-electron chi connectivity index (χ4n) is 2.74. The lowest BCUT2D eigenvalue weighted by atomic mass is 10.0. The van der Waals surface area contributed by atoms with Gasteiger partial charge in [-0.15, -0.1) is 0 Å². The Morgan fingerprint density at radius 1 is 0.964 bits per heavy atom. The molecular weight excluding hydrogens is 358 g/mol. The maximum absolute atomic E-state index is 12.1. The summed E-state index contributed by atoms with van der Waals surface area (Å²) in [5, 5.41) is 9.03. The smallest absolute Gasteiger partial charge is 0.309 e. The van der Waals surface area contributed by atoms with Crippen LogP contribution in [0.25, 0.3) is 0 Å². The highest BCUT2D eigenvalue weighted by Gasteiger charge is 2.21. The monoisotopic (exact) mass is 399 g/mol. The maximum atomic E-state index is 12.1. The summed E-state index contributed by atoms with van der Waals surface area (Å²) in [6.07, 6.45) is 14.0. The summed E-state index contributed by atoms with van der Waals surface area (Å²) in [5.74, 6) is -2.08. The van der Waals surface area contributed by atoms with E-state index in [0.29, 0.717) is 19.6 Å². The number of likely N-dealkylation sites (N-methyl/N-ethyl adjacent to an activating group) is 1. The Labute approximate surface area is 171 Å². The van der Waals surface area contributed by atoms with E-state index >= 15 is 0 Å². The first-order valence-electron chi connectivity index (χ1n) is 10.7. The number of nitrogens with zero attached hydrogens (tertiary/aromatic N) is 1. The van der Waals surface area contributed by atoms with Gasteiger partial charge in [-0.1, -0.05) is 57.6 Å². The second-order valence-corrected chi connectivity index (χ2v) is 7.50. The molecule has 0 spiro atoms. The van der Waals surface area contributed by atoms with Gasteiger partial charge in [-0.05, 0) is 33.4 Å². The third kappa shape index (κ3) is 18.0. The number of hydrogen-bond donors (Lipinski definition) is 1. The van der Waals surface area contributed by atoms with Crippen molar-refractivity contribution < 1.29 is 24.2 Å². The van der Waals surface area contributed by atoms with Crippen LogP contribution in [0.2, 0.25) is 0 Å². The second-order valence-electron chi connectivity index (χ2n) is 7.50. The largest absolute Gasteiger partial charge is 0.481 e. The average molecular weight is 400 g/mol. The van der Waals surface area contributed by atoms with E-state index in [1.807, 2.05) is 25.1 Å². The summed E-state index contributed by atoms with van der Waals surface area (Å²) < 4.78 is 10.6. The maximum Gasteiger partial charge on any atom is 0.309 e. The molecule has 28 heavy (non-hydrogen) atoms. The molecule has 0 aliphatic carbocycles. The fraction of sp³-hybridized carbons (Fsp3) is 0.818. The van der Waals surface area contributed by atoms with E-state index in [2.05, 4.69) is 13.0 Å². The van der Waals surface area contributed by atoms with Crippen LogP contribution in [0.15, 0.2) is 12.2 Å². The summed E-state index contributed by atoms with van der Waals surface area (Å²) in [6, 6.07) is 0. The van der Waals surface area contributed by atoms with Gasteiger partial charge in [-0.3, -0.25) is 9.59 Å². The molecule has 0 fully saturated rings. The summed E-state index contributed by atoms with van der Waals surface area (Å²) in [7, 11) is 3.92. The van der Waals surface area contributed by atoms with Crippen molar-refractivity contribution in [1.82, 2.24) is 4.90 Å². The van der Waals surface area contributed by atoms with Gasteiger partial charge in [0.15, 0.2) is 0 Å². The van der Waals surface area contributed by atoms with Gasteiger partial charge in [0.05, 0.1) is 25.6 Å². The summed E-state index contributed by atoms with van der Waals surface area (Å²) >= 11 is 0. The molecule has 6 nitrogen and oxygen atoms in total. The molecule has 0 saturated carbocycles. The van der Waals surface area contributed by atoms with Crippen LogP contribution in [0.3, 0.4) is 0 Å². The van der Waals surface area contributed by atoms with Crippen LogP contribution < -0.4 is 0 Å². The van der Waals surface area contributed by atoms with Gasteiger partial charge in [0, 0.05) is 6.54 Å². The highest BCUT2D eigenvalue weighted by molar-refractivity contribution is 5.79. The number of rotatable bonds is 19. The molecule has 0 aromatic heterocycles. The number of carbonyl (C=O) groups is 2. The highest BCUT2D eigenvalue weighted by atomic mass is 16.6. The number of allylic oxidation sites excluding steroid dienone is 2. The zero-order valence-corrected chi connectivity index (χ0v) is 18.2. The SMILES string of the molecule is CCCCCCCCC/C=C/CC(CC(=O)O)C(=O)OCCOCCN(C)C. The quantitative estimate of drug-likeness (QED) is 0.198.